The van der Waals surface area contributed by atoms with Crippen LogP contribution in [0.25, 0.3) is 12.2 Å². The Balaban J connectivity index is 1.57. The number of hydrogen-bond acceptors (Lipinski definition) is 2. The number of Topliss-reactive ketones (excluding diaryl/α,β-unsaturated/α-hetero) is 2. The van der Waals surface area contributed by atoms with E-state index in [1.54, 1.807) is 0 Å². The molecule has 0 amide bonds. The number of ketones is 2. The van der Waals surface area contributed by atoms with E-state index >= 15 is 0 Å². The first-order chi connectivity index (χ1) is 18.5. The van der Waals surface area contributed by atoms with Gasteiger partial charge in [0.2, 0.25) is 0 Å². The number of benzene rings is 4. The van der Waals surface area contributed by atoms with Crippen LogP contribution >= 0.6 is 0 Å². The van der Waals surface area contributed by atoms with E-state index in [-0.39, 0.29) is 23.4 Å². The van der Waals surface area contributed by atoms with E-state index in [2.05, 4.69) is 48.6 Å². The molecule has 4 atom stereocenters. The smallest absolute Gasteiger partial charge is 0.167 e. The molecular formula is C36H32O2. The van der Waals surface area contributed by atoms with Crippen molar-refractivity contribution < 1.29 is 9.59 Å². The summed E-state index contributed by atoms with van der Waals surface area (Å²) in [6.07, 6.45) is 8.43. The third-order valence-corrected chi connectivity index (χ3v) is 7.49. The number of allylic oxidation sites excluding steroid dienone is 2. The predicted octanol–water partition coefficient (Wildman–Crippen LogP) is 8.27. The number of carbonyl (C=O) groups excluding carboxylic acids is 2. The zero-order valence-electron chi connectivity index (χ0n) is 21.8. The van der Waals surface area contributed by atoms with Crippen molar-refractivity contribution in [1.82, 2.24) is 0 Å². The van der Waals surface area contributed by atoms with Crippen LogP contribution in [-0.2, 0) is 0 Å². The molecule has 0 aromatic heterocycles. The lowest BCUT2D eigenvalue weighted by Gasteiger charge is -2.48. The fourth-order valence-electron chi connectivity index (χ4n) is 5.54. The van der Waals surface area contributed by atoms with Crippen LogP contribution in [0.1, 0.15) is 43.0 Å². The Morgan fingerprint density at radius 2 is 0.921 bits per heavy atom. The summed E-state index contributed by atoms with van der Waals surface area (Å²) in [5.41, 5.74) is 5.56. The molecule has 4 aromatic rings. The fourth-order valence-corrected chi connectivity index (χ4v) is 5.54. The van der Waals surface area contributed by atoms with Crippen LogP contribution in [-0.4, -0.2) is 11.6 Å². The van der Waals surface area contributed by atoms with Gasteiger partial charge in [0, 0.05) is 23.0 Å². The Kier molecular flexibility index (Phi) is 7.60. The Labute approximate surface area is 225 Å². The predicted molar refractivity (Wildman–Crippen MR) is 156 cm³/mol. The second-order valence-electron chi connectivity index (χ2n) is 10.2. The molecule has 0 saturated heterocycles. The summed E-state index contributed by atoms with van der Waals surface area (Å²) in [7, 11) is 0. The molecule has 0 spiro atoms. The lowest BCUT2D eigenvalue weighted by atomic mass is 9.52. The van der Waals surface area contributed by atoms with Gasteiger partial charge in [0.1, 0.15) is 0 Å². The maximum Gasteiger partial charge on any atom is 0.167 e. The van der Waals surface area contributed by atoms with Gasteiger partial charge in [-0.1, -0.05) is 132 Å². The topological polar surface area (TPSA) is 34.1 Å². The lowest BCUT2D eigenvalue weighted by Crippen LogP contribution is -2.52. The molecule has 1 aliphatic carbocycles. The highest BCUT2D eigenvalue weighted by atomic mass is 16.1. The van der Waals surface area contributed by atoms with Gasteiger partial charge in [0.05, 0.1) is 0 Å². The number of rotatable bonds is 8. The molecule has 4 aromatic carbocycles. The van der Waals surface area contributed by atoms with Crippen LogP contribution in [0.2, 0.25) is 0 Å². The van der Waals surface area contributed by atoms with Crippen molar-refractivity contribution in [2.75, 3.05) is 0 Å². The molecule has 1 fully saturated rings. The first kappa shape index (κ1) is 25.4. The molecule has 38 heavy (non-hydrogen) atoms. The van der Waals surface area contributed by atoms with E-state index in [9.17, 15) is 9.59 Å². The van der Waals surface area contributed by atoms with Crippen LogP contribution in [0.4, 0.5) is 0 Å². The Morgan fingerprint density at radius 3 is 1.29 bits per heavy atom. The largest absolute Gasteiger partial charge is 0.294 e. The molecule has 0 unspecified atom stereocenters. The molecule has 0 heterocycles. The minimum absolute atomic E-state index is 0.0341. The van der Waals surface area contributed by atoms with Gasteiger partial charge in [-0.05, 0) is 48.9 Å². The number of carbonyl (C=O) groups is 2. The molecule has 0 aliphatic heterocycles. The van der Waals surface area contributed by atoms with Gasteiger partial charge in [0.25, 0.3) is 0 Å². The van der Waals surface area contributed by atoms with Gasteiger partial charge < -0.3 is 0 Å². The second kappa shape index (κ2) is 11.4. The standard InChI is InChI=1S/C36H32O2/c1-25-11-9-17-29(23-25)35(37)33-31(21-19-27-13-5-3-6-14-27)32(22-20-28-15-7-4-8-16-28)34(33)36(38)30-18-10-12-26(2)24-30/h3-24,31-34H,1-2H3/b21-19+,22-20+/t31-,32-,33+,34+/m1/s1. The monoisotopic (exact) mass is 496 g/mol. The second-order valence-corrected chi connectivity index (χ2v) is 10.2. The minimum Gasteiger partial charge on any atom is -0.294 e. The van der Waals surface area contributed by atoms with Crippen molar-refractivity contribution in [3.63, 3.8) is 0 Å². The van der Waals surface area contributed by atoms with Gasteiger partial charge in [-0.25, -0.2) is 0 Å². The van der Waals surface area contributed by atoms with Crippen molar-refractivity contribution in [1.29, 1.82) is 0 Å². The fraction of sp³-hybridized carbons (Fsp3) is 0.167. The molecule has 0 N–H and O–H groups in total. The van der Waals surface area contributed by atoms with Crippen LogP contribution < -0.4 is 0 Å². The zero-order chi connectivity index (χ0) is 26.5. The third-order valence-electron chi connectivity index (χ3n) is 7.49. The molecule has 1 saturated carbocycles. The van der Waals surface area contributed by atoms with Crippen molar-refractivity contribution in [2.24, 2.45) is 23.7 Å². The van der Waals surface area contributed by atoms with Crippen molar-refractivity contribution in [2.45, 2.75) is 13.8 Å². The first-order valence-electron chi connectivity index (χ1n) is 13.2. The van der Waals surface area contributed by atoms with E-state index in [1.807, 2.05) is 98.8 Å². The molecule has 188 valence electrons. The van der Waals surface area contributed by atoms with Gasteiger partial charge in [-0.15, -0.1) is 0 Å². The van der Waals surface area contributed by atoms with Gasteiger partial charge >= 0.3 is 0 Å². The number of hydrogen-bond donors (Lipinski definition) is 0. The summed E-state index contributed by atoms with van der Waals surface area (Å²) < 4.78 is 0. The maximum atomic E-state index is 14.0. The van der Waals surface area contributed by atoms with E-state index in [4.69, 9.17) is 0 Å². The minimum atomic E-state index is -0.435. The van der Waals surface area contributed by atoms with Crippen LogP contribution in [0.5, 0.6) is 0 Å². The number of aryl methyl sites for hydroxylation is 2. The van der Waals surface area contributed by atoms with E-state index in [0.29, 0.717) is 11.1 Å². The SMILES string of the molecule is Cc1cccc(C(=O)[C@H]2[C@H](/C=C/c3ccccc3)[C@@H](/C=C/c3ccccc3)[C@@H]2C(=O)c2cccc(C)c2)c1. The summed E-state index contributed by atoms with van der Waals surface area (Å²) in [5.74, 6) is -0.993. The third kappa shape index (κ3) is 5.50. The molecule has 5 rings (SSSR count). The Hall–Kier alpha value is -4.30. The maximum absolute atomic E-state index is 14.0. The van der Waals surface area contributed by atoms with Gasteiger partial charge in [0.15, 0.2) is 11.6 Å². The Morgan fingerprint density at radius 1 is 0.526 bits per heavy atom. The zero-order valence-corrected chi connectivity index (χ0v) is 21.8. The van der Waals surface area contributed by atoms with Gasteiger partial charge in [-0.2, -0.15) is 0 Å². The highest BCUT2D eigenvalue weighted by Crippen LogP contribution is 2.51. The van der Waals surface area contributed by atoms with Crippen LogP contribution in [0.3, 0.4) is 0 Å². The molecule has 2 nitrogen and oxygen atoms in total. The summed E-state index contributed by atoms with van der Waals surface area (Å²) in [6, 6.07) is 35.6. The molecule has 2 heteroatoms. The highest BCUT2D eigenvalue weighted by molar-refractivity contribution is 6.07. The summed E-state index contributed by atoms with van der Waals surface area (Å²) in [6.45, 7) is 3.98. The van der Waals surface area contributed by atoms with E-state index < -0.39 is 11.8 Å². The van der Waals surface area contributed by atoms with Crippen molar-refractivity contribution in [3.8, 4) is 0 Å². The summed E-state index contributed by atoms with van der Waals surface area (Å²) in [5, 5.41) is 0. The normalized spacial score (nSPS) is 20.9. The average molecular weight is 497 g/mol. The highest BCUT2D eigenvalue weighted by Gasteiger charge is 2.54. The molecular weight excluding hydrogens is 464 g/mol. The lowest BCUT2D eigenvalue weighted by molar-refractivity contribution is 0.0316. The average Bonchev–Trinajstić information content (AvgIpc) is 2.93. The van der Waals surface area contributed by atoms with Gasteiger partial charge in [-0.3, -0.25) is 9.59 Å². The molecule has 0 radical (unpaired) electrons. The van der Waals surface area contributed by atoms with Crippen molar-refractivity contribution in [3.05, 3.63) is 155 Å². The van der Waals surface area contributed by atoms with E-state index in [1.165, 1.54) is 0 Å². The first-order valence-corrected chi connectivity index (χ1v) is 13.2. The van der Waals surface area contributed by atoms with Crippen LogP contribution in [0, 0.1) is 37.5 Å². The van der Waals surface area contributed by atoms with Crippen LogP contribution in [0.15, 0.2) is 121 Å². The Bertz CT molecular complexity index is 1370. The summed E-state index contributed by atoms with van der Waals surface area (Å²) in [4.78, 5) is 28.0. The quantitative estimate of drug-likeness (QED) is 0.230. The molecule has 0 bridgehead atoms. The molecule has 1 aliphatic rings. The summed E-state index contributed by atoms with van der Waals surface area (Å²) >= 11 is 0. The van der Waals surface area contributed by atoms with E-state index in [0.717, 1.165) is 22.3 Å². The van der Waals surface area contributed by atoms with Crippen molar-refractivity contribution >= 4 is 23.7 Å².